The van der Waals surface area contributed by atoms with E-state index >= 15 is 0 Å². The zero-order chi connectivity index (χ0) is 17.8. The van der Waals surface area contributed by atoms with Gasteiger partial charge in [0.15, 0.2) is 0 Å². The Labute approximate surface area is 148 Å². The maximum Gasteiger partial charge on any atom is 0.256 e. The Hall–Kier alpha value is -2.34. The van der Waals surface area contributed by atoms with E-state index in [0.29, 0.717) is 11.5 Å². The number of hydrogen-bond donors (Lipinski definition) is 0. The molecule has 132 valence electrons. The van der Waals surface area contributed by atoms with Crippen molar-refractivity contribution in [2.24, 2.45) is 0 Å². The molecule has 2 aromatic rings. The SMILES string of the molecule is Cc1nc(C2CCCN(Cc3cccnc3)C2)ncc1C(=O)N(C)C. The average Bonchev–Trinajstić information content (AvgIpc) is 2.62. The minimum Gasteiger partial charge on any atom is -0.345 e. The first-order valence-electron chi connectivity index (χ1n) is 8.71. The first-order chi connectivity index (χ1) is 12.0. The van der Waals surface area contributed by atoms with Crippen LogP contribution >= 0.6 is 0 Å². The van der Waals surface area contributed by atoms with Crippen LogP contribution in [0.15, 0.2) is 30.7 Å². The number of aryl methyl sites for hydroxylation is 1. The van der Waals surface area contributed by atoms with Crippen LogP contribution in [0.5, 0.6) is 0 Å². The van der Waals surface area contributed by atoms with Gasteiger partial charge in [0.25, 0.3) is 5.91 Å². The van der Waals surface area contributed by atoms with Crippen molar-refractivity contribution in [2.75, 3.05) is 27.2 Å². The van der Waals surface area contributed by atoms with Crippen LogP contribution in [0.25, 0.3) is 0 Å². The molecule has 0 aliphatic carbocycles. The normalized spacial score (nSPS) is 18.1. The lowest BCUT2D eigenvalue weighted by atomic mass is 9.96. The highest BCUT2D eigenvalue weighted by atomic mass is 16.2. The van der Waals surface area contributed by atoms with Crippen LogP contribution in [0.4, 0.5) is 0 Å². The van der Waals surface area contributed by atoms with Crippen molar-refractivity contribution in [3.8, 4) is 0 Å². The predicted molar refractivity (Wildman–Crippen MR) is 96.3 cm³/mol. The van der Waals surface area contributed by atoms with Crippen LogP contribution in [0.2, 0.25) is 0 Å². The van der Waals surface area contributed by atoms with Crippen LogP contribution in [-0.4, -0.2) is 57.8 Å². The smallest absolute Gasteiger partial charge is 0.256 e. The molecule has 6 nitrogen and oxygen atoms in total. The lowest BCUT2D eigenvalue weighted by Gasteiger charge is -2.32. The number of carbonyl (C=O) groups is 1. The summed E-state index contributed by atoms with van der Waals surface area (Å²) in [5.74, 6) is 1.11. The van der Waals surface area contributed by atoms with E-state index in [1.165, 1.54) is 5.56 Å². The van der Waals surface area contributed by atoms with Crippen LogP contribution in [0.1, 0.15) is 46.2 Å². The van der Waals surface area contributed by atoms with Crippen LogP contribution in [0.3, 0.4) is 0 Å². The van der Waals surface area contributed by atoms with Gasteiger partial charge < -0.3 is 4.90 Å². The van der Waals surface area contributed by atoms with Gasteiger partial charge in [-0.25, -0.2) is 9.97 Å². The molecule has 2 aromatic heterocycles. The number of hydrogen-bond acceptors (Lipinski definition) is 5. The average molecular weight is 339 g/mol. The van der Waals surface area contributed by atoms with Crippen LogP contribution in [0, 0.1) is 6.92 Å². The highest BCUT2D eigenvalue weighted by molar-refractivity contribution is 5.94. The van der Waals surface area contributed by atoms with E-state index < -0.39 is 0 Å². The Morgan fingerprint density at radius 3 is 2.88 bits per heavy atom. The van der Waals surface area contributed by atoms with Gasteiger partial charge >= 0.3 is 0 Å². The second kappa shape index (κ2) is 7.70. The molecule has 25 heavy (non-hydrogen) atoms. The van der Waals surface area contributed by atoms with Gasteiger partial charge in [0, 0.05) is 51.7 Å². The molecule has 3 rings (SSSR count). The molecular formula is C19H25N5O. The van der Waals surface area contributed by atoms with Crippen molar-refractivity contribution in [1.82, 2.24) is 24.8 Å². The van der Waals surface area contributed by atoms with E-state index in [0.717, 1.165) is 44.0 Å². The third-order valence-corrected chi connectivity index (χ3v) is 4.63. The molecule has 0 aromatic carbocycles. The fourth-order valence-electron chi connectivity index (χ4n) is 3.29. The molecule has 1 aliphatic rings. The summed E-state index contributed by atoms with van der Waals surface area (Å²) < 4.78 is 0. The lowest BCUT2D eigenvalue weighted by molar-refractivity contribution is 0.0825. The topological polar surface area (TPSA) is 62.2 Å². The monoisotopic (exact) mass is 339 g/mol. The summed E-state index contributed by atoms with van der Waals surface area (Å²) >= 11 is 0. The first-order valence-corrected chi connectivity index (χ1v) is 8.71. The molecule has 3 heterocycles. The van der Waals surface area contributed by atoms with E-state index in [9.17, 15) is 4.79 Å². The van der Waals surface area contributed by atoms with Gasteiger partial charge in [-0.3, -0.25) is 14.7 Å². The fraction of sp³-hybridized carbons (Fsp3) is 0.474. The van der Waals surface area contributed by atoms with E-state index in [2.05, 4.69) is 25.9 Å². The molecular weight excluding hydrogens is 314 g/mol. The van der Waals surface area contributed by atoms with Crippen molar-refractivity contribution >= 4 is 5.91 Å². The fourth-order valence-corrected chi connectivity index (χ4v) is 3.29. The second-order valence-electron chi connectivity index (χ2n) is 6.86. The number of carbonyl (C=O) groups excluding carboxylic acids is 1. The Morgan fingerprint density at radius 2 is 2.20 bits per heavy atom. The number of likely N-dealkylation sites (tertiary alicyclic amines) is 1. The summed E-state index contributed by atoms with van der Waals surface area (Å²) in [5.41, 5.74) is 2.57. The lowest BCUT2D eigenvalue weighted by Crippen LogP contribution is -2.34. The number of pyridine rings is 1. The van der Waals surface area contributed by atoms with Crippen molar-refractivity contribution < 1.29 is 4.79 Å². The number of piperidine rings is 1. The van der Waals surface area contributed by atoms with E-state index in [1.807, 2.05) is 19.2 Å². The summed E-state index contributed by atoms with van der Waals surface area (Å²) in [6.07, 6.45) is 7.62. The zero-order valence-electron chi connectivity index (χ0n) is 15.1. The van der Waals surface area contributed by atoms with Gasteiger partial charge in [0.1, 0.15) is 5.82 Å². The number of aromatic nitrogens is 3. The molecule has 6 heteroatoms. The molecule has 1 saturated heterocycles. The van der Waals surface area contributed by atoms with Gasteiger partial charge in [-0.1, -0.05) is 6.07 Å². The maximum absolute atomic E-state index is 12.1. The largest absolute Gasteiger partial charge is 0.345 e. The molecule has 0 saturated carbocycles. The molecule has 0 N–H and O–H groups in total. The third-order valence-electron chi connectivity index (χ3n) is 4.63. The summed E-state index contributed by atoms with van der Waals surface area (Å²) in [6.45, 7) is 4.82. The van der Waals surface area contributed by atoms with E-state index in [-0.39, 0.29) is 5.91 Å². The Balaban J connectivity index is 1.71. The first kappa shape index (κ1) is 17.5. The summed E-state index contributed by atoms with van der Waals surface area (Å²) in [5, 5.41) is 0. The summed E-state index contributed by atoms with van der Waals surface area (Å²) in [7, 11) is 3.49. The van der Waals surface area contributed by atoms with Crippen molar-refractivity contribution in [1.29, 1.82) is 0 Å². The molecule has 1 aliphatic heterocycles. The van der Waals surface area contributed by atoms with Gasteiger partial charge in [-0.05, 0) is 37.9 Å². The summed E-state index contributed by atoms with van der Waals surface area (Å²) in [4.78, 5) is 29.5. The van der Waals surface area contributed by atoms with Gasteiger partial charge in [0.2, 0.25) is 0 Å². The molecule has 0 spiro atoms. The Morgan fingerprint density at radius 1 is 1.36 bits per heavy atom. The Kier molecular flexibility index (Phi) is 5.38. The van der Waals surface area contributed by atoms with Gasteiger partial charge in [-0.15, -0.1) is 0 Å². The molecule has 1 fully saturated rings. The van der Waals surface area contributed by atoms with Crippen LogP contribution in [-0.2, 0) is 6.54 Å². The summed E-state index contributed by atoms with van der Waals surface area (Å²) in [6, 6.07) is 4.09. The molecule has 1 amide bonds. The highest BCUT2D eigenvalue weighted by Crippen LogP contribution is 2.26. The van der Waals surface area contributed by atoms with Crippen molar-refractivity contribution in [2.45, 2.75) is 32.2 Å². The maximum atomic E-state index is 12.1. The third kappa shape index (κ3) is 4.20. The Bertz CT molecular complexity index is 732. The molecule has 1 atom stereocenters. The van der Waals surface area contributed by atoms with Crippen molar-refractivity contribution in [3.63, 3.8) is 0 Å². The quantitative estimate of drug-likeness (QED) is 0.855. The van der Waals surface area contributed by atoms with E-state index in [4.69, 9.17) is 0 Å². The highest BCUT2D eigenvalue weighted by Gasteiger charge is 2.24. The molecule has 1 unspecified atom stereocenters. The number of rotatable bonds is 4. The van der Waals surface area contributed by atoms with Crippen LogP contribution < -0.4 is 0 Å². The number of amides is 1. The zero-order valence-corrected chi connectivity index (χ0v) is 15.1. The second-order valence-corrected chi connectivity index (χ2v) is 6.86. The minimum absolute atomic E-state index is 0.0501. The van der Waals surface area contributed by atoms with E-state index in [1.54, 1.807) is 31.4 Å². The predicted octanol–water partition coefficient (Wildman–Crippen LogP) is 2.26. The van der Waals surface area contributed by atoms with Gasteiger partial charge in [0.05, 0.1) is 11.3 Å². The standard InChI is InChI=1S/C19H25N5O/c1-14-17(19(25)23(2)3)11-21-18(22-14)16-7-5-9-24(13-16)12-15-6-4-8-20-10-15/h4,6,8,10-11,16H,5,7,9,12-13H2,1-3H3. The minimum atomic E-state index is -0.0501. The van der Waals surface area contributed by atoms with Gasteiger partial charge in [-0.2, -0.15) is 0 Å². The van der Waals surface area contributed by atoms with Crippen molar-refractivity contribution in [3.05, 3.63) is 53.4 Å². The molecule has 0 radical (unpaired) electrons. The molecule has 0 bridgehead atoms. The number of nitrogens with zero attached hydrogens (tertiary/aromatic N) is 5.